The van der Waals surface area contributed by atoms with E-state index in [0.717, 1.165) is 34.1 Å². The molecular weight excluding hydrogens is 328 g/mol. The van der Waals surface area contributed by atoms with Crippen LogP contribution in [0.2, 0.25) is 0 Å². The summed E-state index contributed by atoms with van der Waals surface area (Å²) in [7, 11) is 1.61. The van der Waals surface area contributed by atoms with Crippen molar-refractivity contribution in [3.8, 4) is 17.1 Å². The van der Waals surface area contributed by atoms with Gasteiger partial charge in [-0.1, -0.05) is 17.3 Å². The molecule has 1 aromatic carbocycles. The number of aromatic nitrogens is 3. The number of amides is 1. The second-order valence-corrected chi connectivity index (χ2v) is 5.93. The Balaban J connectivity index is 1.70. The lowest BCUT2D eigenvalue weighted by Gasteiger charge is -2.01. The normalized spacial score (nSPS) is 10.6. The highest BCUT2D eigenvalue weighted by atomic mass is 32.1. The number of aryl methyl sites for hydroxylation is 2. The largest absolute Gasteiger partial charge is 0.497 e. The highest BCUT2D eigenvalue weighted by molar-refractivity contribution is 7.10. The summed E-state index contributed by atoms with van der Waals surface area (Å²) in [6.07, 6.45) is 0.190. The fourth-order valence-corrected chi connectivity index (χ4v) is 2.84. The molecule has 7 nitrogen and oxygen atoms in total. The zero-order chi connectivity index (χ0) is 17.1. The van der Waals surface area contributed by atoms with E-state index in [1.54, 1.807) is 14.0 Å². The molecule has 0 spiro atoms. The van der Waals surface area contributed by atoms with Gasteiger partial charge in [-0.15, -0.1) is 0 Å². The van der Waals surface area contributed by atoms with Gasteiger partial charge in [-0.05, 0) is 26.0 Å². The third-order valence-electron chi connectivity index (χ3n) is 3.52. The van der Waals surface area contributed by atoms with Gasteiger partial charge >= 0.3 is 0 Å². The number of carbonyl (C=O) groups is 1. The summed E-state index contributed by atoms with van der Waals surface area (Å²) in [6.45, 7) is 3.60. The van der Waals surface area contributed by atoms with Crippen molar-refractivity contribution in [1.29, 1.82) is 0 Å². The first-order chi connectivity index (χ1) is 11.6. The number of hydrogen-bond donors (Lipinski definition) is 1. The molecule has 24 heavy (non-hydrogen) atoms. The summed E-state index contributed by atoms with van der Waals surface area (Å²) >= 11 is 1.13. The molecule has 0 aliphatic rings. The molecule has 124 valence electrons. The molecule has 1 N–H and O–H groups in total. The fraction of sp³-hybridized carbons (Fsp3) is 0.250. The number of nitrogens with zero attached hydrogens (tertiary/aromatic N) is 3. The lowest BCUT2D eigenvalue weighted by Crippen LogP contribution is -2.15. The molecule has 2 heterocycles. The first-order valence-electron chi connectivity index (χ1n) is 7.26. The summed E-state index contributed by atoms with van der Waals surface area (Å²) in [5.74, 6) is 1.74. The minimum absolute atomic E-state index is 0.183. The lowest BCUT2D eigenvalue weighted by atomic mass is 10.1. The third kappa shape index (κ3) is 3.43. The summed E-state index contributed by atoms with van der Waals surface area (Å²) in [5, 5.41) is 7.05. The van der Waals surface area contributed by atoms with Crippen LogP contribution >= 0.6 is 11.5 Å². The quantitative estimate of drug-likeness (QED) is 0.765. The Hall–Kier alpha value is -2.74. The van der Waals surface area contributed by atoms with Crippen LogP contribution in [-0.4, -0.2) is 27.5 Å². The second-order valence-electron chi connectivity index (χ2n) is 5.18. The molecule has 0 saturated carbocycles. The molecule has 0 unspecified atom stereocenters. The van der Waals surface area contributed by atoms with Crippen molar-refractivity contribution in [2.75, 3.05) is 12.4 Å². The van der Waals surface area contributed by atoms with Crippen molar-refractivity contribution < 1.29 is 14.1 Å². The topological polar surface area (TPSA) is 90.1 Å². The van der Waals surface area contributed by atoms with Gasteiger partial charge in [-0.3, -0.25) is 4.79 Å². The summed E-state index contributed by atoms with van der Waals surface area (Å²) in [5.41, 5.74) is 2.35. The van der Waals surface area contributed by atoms with Crippen molar-refractivity contribution in [3.05, 3.63) is 41.3 Å². The summed E-state index contributed by atoms with van der Waals surface area (Å²) < 4.78 is 14.5. The average Bonchev–Trinajstić information content (AvgIpc) is 3.17. The van der Waals surface area contributed by atoms with Crippen molar-refractivity contribution in [3.63, 3.8) is 0 Å². The maximum absolute atomic E-state index is 12.2. The van der Waals surface area contributed by atoms with Crippen molar-refractivity contribution >= 4 is 22.6 Å². The van der Waals surface area contributed by atoms with E-state index in [1.807, 2.05) is 31.2 Å². The van der Waals surface area contributed by atoms with Gasteiger partial charge in [0.05, 0.1) is 19.2 Å². The predicted molar refractivity (Wildman–Crippen MR) is 90.2 cm³/mol. The Kier molecular flexibility index (Phi) is 4.57. The number of carbonyl (C=O) groups excluding carboxylic acids is 1. The average molecular weight is 344 g/mol. The number of benzene rings is 1. The second kappa shape index (κ2) is 6.79. The molecule has 0 saturated heterocycles. The van der Waals surface area contributed by atoms with Gasteiger partial charge in [0.25, 0.3) is 0 Å². The Labute approximate surface area is 142 Å². The zero-order valence-corrected chi connectivity index (χ0v) is 14.3. The maximum atomic E-state index is 12.2. The summed E-state index contributed by atoms with van der Waals surface area (Å²) in [4.78, 5) is 16.5. The molecule has 3 rings (SSSR count). The highest BCUT2D eigenvalue weighted by Gasteiger charge is 2.15. The minimum Gasteiger partial charge on any atom is -0.497 e. The first-order valence-corrected chi connectivity index (χ1v) is 8.04. The van der Waals surface area contributed by atoms with Gasteiger partial charge in [0.1, 0.15) is 11.5 Å². The fourth-order valence-electron chi connectivity index (χ4n) is 2.23. The predicted octanol–water partition coefficient (Wildman–Crippen LogP) is 3.00. The smallest absolute Gasteiger partial charge is 0.230 e. The van der Waals surface area contributed by atoms with E-state index in [0.29, 0.717) is 16.7 Å². The minimum atomic E-state index is -0.183. The van der Waals surface area contributed by atoms with Crippen LogP contribution in [0.1, 0.15) is 17.0 Å². The number of anilines is 1. The van der Waals surface area contributed by atoms with E-state index in [9.17, 15) is 4.79 Å². The molecule has 1 amide bonds. The Morgan fingerprint density at radius 3 is 2.92 bits per heavy atom. The highest BCUT2D eigenvalue weighted by Crippen LogP contribution is 2.24. The number of nitrogens with one attached hydrogen (secondary N) is 1. The van der Waals surface area contributed by atoms with Crippen LogP contribution in [0.4, 0.5) is 5.13 Å². The molecule has 0 aliphatic carbocycles. The molecule has 0 atom stereocenters. The van der Waals surface area contributed by atoms with Crippen LogP contribution < -0.4 is 10.1 Å². The molecule has 0 aliphatic heterocycles. The molecule has 8 heteroatoms. The molecule has 0 bridgehead atoms. The Bertz CT molecular complexity index is 852. The van der Waals surface area contributed by atoms with Crippen LogP contribution in [0, 0.1) is 13.8 Å². The van der Waals surface area contributed by atoms with E-state index in [2.05, 4.69) is 19.8 Å². The number of ether oxygens (including phenoxy) is 1. The molecule has 0 fully saturated rings. The standard InChI is InChI=1S/C16H16N4O3S/c1-9-13(10(2)23-19-9)8-14(21)17-16-18-15(20-24-16)11-5-4-6-12(7-11)22-3/h4-7H,8H2,1-3H3,(H,17,18,20,21). The summed E-state index contributed by atoms with van der Waals surface area (Å²) in [6, 6.07) is 7.45. The van der Waals surface area contributed by atoms with Crippen LogP contribution in [-0.2, 0) is 11.2 Å². The number of methoxy groups -OCH3 is 1. The lowest BCUT2D eigenvalue weighted by molar-refractivity contribution is -0.115. The SMILES string of the molecule is COc1cccc(-c2nsc(NC(=O)Cc3c(C)noc3C)n2)c1. The van der Waals surface area contributed by atoms with Crippen molar-refractivity contribution in [1.82, 2.24) is 14.5 Å². The number of hydrogen-bond acceptors (Lipinski definition) is 7. The van der Waals surface area contributed by atoms with Gasteiger partial charge in [0.2, 0.25) is 11.0 Å². The van der Waals surface area contributed by atoms with E-state index in [1.165, 1.54) is 0 Å². The van der Waals surface area contributed by atoms with Gasteiger partial charge in [0.15, 0.2) is 5.82 Å². The van der Waals surface area contributed by atoms with Gasteiger partial charge in [0, 0.05) is 22.7 Å². The molecule has 2 aromatic heterocycles. The van der Waals surface area contributed by atoms with E-state index in [4.69, 9.17) is 9.26 Å². The monoisotopic (exact) mass is 344 g/mol. The molecule has 3 aromatic rings. The Morgan fingerprint density at radius 2 is 2.21 bits per heavy atom. The maximum Gasteiger partial charge on any atom is 0.230 e. The van der Waals surface area contributed by atoms with Gasteiger partial charge in [-0.2, -0.15) is 9.36 Å². The van der Waals surface area contributed by atoms with E-state index in [-0.39, 0.29) is 12.3 Å². The van der Waals surface area contributed by atoms with Crippen LogP contribution in [0.5, 0.6) is 5.75 Å². The van der Waals surface area contributed by atoms with Crippen LogP contribution in [0.25, 0.3) is 11.4 Å². The van der Waals surface area contributed by atoms with Gasteiger partial charge < -0.3 is 14.6 Å². The van der Waals surface area contributed by atoms with E-state index < -0.39 is 0 Å². The number of rotatable bonds is 5. The molecule has 0 radical (unpaired) electrons. The first kappa shape index (κ1) is 16.1. The van der Waals surface area contributed by atoms with Crippen molar-refractivity contribution in [2.45, 2.75) is 20.3 Å². The van der Waals surface area contributed by atoms with Gasteiger partial charge in [-0.25, -0.2) is 0 Å². The van der Waals surface area contributed by atoms with Crippen LogP contribution in [0.3, 0.4) is 0 Å². The van der Waals surface area contributed by atoms with E-state index >= 15 is 0 Å². The Morgan fingerprint density at radius 1 is 1.38 bits per heavy atom. The third-order valence-corrected chi connectivity index (χ3v) is 4.15. The van der Waals surface area contributed by atoms with Crippen LogP contribution in [0.15, 0.2) is 28.8 Å². The van der Waals surface area contributed by atoms with Crippen molar-refractivity contribution in [2.24, 2.45) is 0 Å². The molecular formula is C16H16N4O3S. The zero-order valence-electron chi connectivity index (χ0n) is 13.5.